The minimum atomic E-state index is -1.11. The Labute approximate surface area is 110 Å². The number of aliphatic hydroxyl groups excluding tert-OH is 2. The van der Waals surface area contributed by atoms with Crippen LogP contribution in [0.5, 0.6) is 0 Å². The van der Waals surface area contributed by atoms with Crippen molar-refractivity contribution in [3.8, 4) is 0 Å². The van der Waals surface area contributed by atoms with E-state index in [1.165, 1.54) is 14.2 Å². The highest BCUT2D eigenvalue weighted by Crippen LogP contribution is 2.14. The molecular weight excluding hydrogens is 264 g/mol. The molecule has 2 atom stereocenters. The van der Waals surface area contributed by atoms with Crippen LogP contribution >= 0.6 is 0 Å². The monoisotopic (exact) mass is 282 g/mol. The molecule has 0 aromatic carbocycles. The largest absolute Gasteiger partial charge is 0.508 e. The topological polar surface area (TPSA) is 129 Å². The van der Waals surface area contributed by atoms with Crippen molar-refractivity contribution in [1.29, 1.82) is 0 Å². The number of hydrogen-bond acceptors (Lipinski definition) is 9. The number of aliphatic hydroxyl groups is 2. The second-order valence-electron chi connectivity index (χ2n) is 2.91. The van der Waals surface area contributed by atoms with Crippen LogP contribution in [0.4, 0.5) is 4.79 Å². The van der Waals surface area contributed by atoms with Gasteiger partial charge in [-0.15, -0.1) is 0 Å². The van der Waals surface area contributed by atoms with Crippen molar-refractivity contribution >= 4 is 18.6 Å². The molecule has 0 aliphatic carbocycles. The summed E-state index contributed by atoms with van der Waals surface area (Å²) in [4.78, 5) is 30.1. The van der Waals surface area contributed by atoms with Crippen LogP contribution in [0, 0.1) is 0 Å². The summed E-state index contributed by atoms with van der Waals surface area (Å²) in [5, 5.41) is 15.9. The van der Waals surface area contributed by atoms with Gasteiger partial charge >= 0.3 is 12.1 Å². The van der Waals surface area contributed by atoms with Crippen molar-refractivity contribution in [1.82, 2.24) is 0 Å². The summed E-state index contributed by atoms with van der Waals surface area (Å²) in [6.07, 6.45) is -2.36. The smallest absolute Gasteiger partial charge is 0.471 e. The minimum absolute atomic E-state index is 0.0878. The first-order valence-corrected chi connectivity index (χ1v) is 5.05. The summed E-state index contributed by atoms with van der Waals surface area (Å²) >= 11 is 0. The second-order valence-corrected chi connectivity index (χ2v) is 2.91. The third kappa shape index (κ3) is 9.80. The van der Waals surface area contributed by atoms with Crippen LogP contribution in [0.2, 0.25) is 0 Å². The van der Waals surface area contributed by atoms with Crippen molar-refractivity contribution in [2.45, 2.75) is 18.6 Å². The Hall–Kier alpha value is -1.87. The molecule has 0 amide bonds. The molecular formula is C10H18O9. The fourth-order valence-electron chi connectivity index (χ4n) is 0.958. The predicted octanol–water partition coefficient (Wildman–Crippen LogP) is -1.16. The summed E-state index contributed by atoms with van der Waals surface area (Å²) in [6, 6.07) is 0. The molecule has 0 radical (unpaired) electrons. The zero-order valence-corrected chi connectivity index (χ0v) is 10.9. The third-order valence-electron chi connectivity index (χ3n) is 1.69. The Kier molecular flexibility index (Phi) is 12.9. The van der Waals surface area contributed by atoms with Crippen LogP contribution in [0.25, 0.3) is 0 Å². The van der Waals surface area contributed by atoms with Crippen LogP contribution < -0.4 is 0 Å². The predicted molar refractivity (Wildman–Crippen MR) is 60.1 cm³/mol. The molecule has 112 valence electrons. The van der Waals surface area contributed by atoms with Gasteiger partial charge < -0.3 is 29.2 Å². The Morgan fingerprint density at radius 2 is 2.00 bits per heavy atom. The maximum Gasteiger partial charge on any atom is 0.508 e. The molecule has 1 saturated heterocycles. The fraction of sp³-hybridized carbons (Fsp3) is 0.700. The first kappa shape index (κ1) is 19.5. The zero-order valence-electron chi connectivity index (χ0n) is 10.9. The first-order chi connectivity index (χ1) is 9.04. The van der Waals surface area contributed by atoms with E-state index in [0.29, 0.717) is 6.47 Å². The summed E-state index contributed by atoms with van der Waals surface area (Å²) in [5.74, 6) is -0.682. The van der Waals surface area contributed by atoms with Gasteiger partial charge in [0.2, 0.25) is 0 Å². The molecule has 1 fully saturated rings. The molecule has 1 aliphatic heterocycles. The van der Waals surface area contributed by atoms with Crippen molar-refractivity contribution in [3.05, 3.63) is 0 Å². The number of rotatable bonds is 3. The van der Waals surface area contributed by atoms with Gasteiger partial charge in [0.15, 0.2) is 6.10 Å². The van der Waals surface area contributed by atoms with Crippen molar-refractivity contribution in [3.63, 3.8) is 0 Å². The lowest BCUT2D eigenvalue weighted by atomic mass is 10.2. The van der Waals surface area contributed by atoms with E-state index < -0.39 is 24.3 Å². The summed E-state index contributed by atoms with van der Waals surface area (Å²) < 4.78 is 17.2. The van der Waals surface area contributed by atoms with Gasteiger partial charge in [-0.1, -0.05) is 0 Å². The standard InChI is InChI=1S/C7H10O6.C2H4O2.CH4O/c1-11-7(10)12-3-4-2-5(8)6(9)13-4;1-4-2-3;1-2/h4-5,8H,2-3H2,1H3;2H,1H3;2H,1H3. The highest BCUT2D eigenvalue weighted by Gasteiger charge is 2.33. The lowest BCUT2D eigenvalue weighted by molar-refractivity contribution is -0.148. The zero-order chi connectivity index (χ0) is 15.3. The maximum absolute atomic E-state index is 10.7. The van der Waals surface area contributed by atoms with E-state index >= 15 is 0 Å². The van der Waals surface area contributed by atoms with Crippen LogP contribution in [-0.4, -0.2) is 69.0 Å². The average Bonchev–Trinajstić information content (AvgIpc) is 2.77. The first-order valence-electron chi connectivity index (χ1n) is 5.05. The van der Waals surface area contributed by atoms with Crippen molar-refractivity contribution in [2.75, 3.05) is 27.9 Å². The van der Waals surface area contributed by atoms with Gasteiger partial charge in [0.1, 0.15) is 12.7 Å². The van der Waals surface area contributed by atoms with Crippen molar-refractivity contribution < 1.29 is 43.5 Å². The van der Waals surface area contributed by atoms with Crippen LogP contribution in [0.1, 0.15) is 6.42 Å². The molecule has 0 aromatic heterocycles. The summed E-state index contributed by atoms with van der Waals surface area (Å²) in [7, 11) is 3.49. The highest BCUT2D eigenvalue weighted by molar-refractivity contribution is 5.76. The Bertz CT molecular complexity index is 266. The number of carbonyl (C=O) groups excluding carboxylic acids is 3. The molecule has 9 heteroatoms. The Morgan fingerprint density at radius 1 is 1.47 bits per heavy atom. The molecule has 2 N–H and O–H groups in total. The van der Waals surface area contributed by atoms with Gasteiger partial charge in [0.25, 0.3) is 6.47 Å². The van der Waals surface area contributed by atoms with E-state index in [4.69, 9.17) is 15.0 Å². The van der Waals surface area contributed by atoms with Gasteiger partial charge in [0, 0.05) is 13.5 Å². The highest BCUT2D eigenvalue weighted by atomic mass is 16.7. The van der Waals surface area contributed by atoms with E-state index in [2.05, 4.69) is 18.9 Å². The molecule has 0 saturated carbocycles. The molecule has 1 rings (SSSR count). The maximum atomic E-state index is 10.7. The number of carbonyl (C=O) groups is 3. The van der Waals surface area contributed by atoms with E-state index in [9.17, 15) is 9.59 Å². The molecule has 0 bridgehead atoms. The average molecular weight is 282 g/mol. The fourth-order valence-corrected chi connectivity index (χ4v) is 0.958. The van der Waals surface area contributed by atoms with Gasteiger partial charge in [-0.05, 0) is 0 Å². The molecule has 0 aromatic rings. The van der Waals surface area contributed by atoms with Crippen LogP contribution in [0.3, 0.4) is 0 Å². The normalized spacial score (nSPS) is 19.7. The number of methoxy groups -OCH3 is 2. The summed E-state index contributed by atoms with van der Waals surface area (Å²) in [5.41, 5.74) is 0. The lowest BCUT2D eigenvalue weighted by Gasteiger charge is -2.07. The van der Waals surface area contributed by atoms with Crippen molar-refractivity contribution in [2.24, 2.45) is 0 Å². The van der Waals surface area contributed by atoms with Gasteiger partial charge in [-0.2, -0.15) is 0 Å². The number of ether oxygens (including phenoxy) is 4. The molecule has 0 spiro atoms. The van der Waals surface area contributed by atoms with E-state index in [1.54, 1.807) is 0 Å². The van der Waals surface area contributed by atoms with E-state index in [0.717, 1.165) is 7.11 Å². The third-order valence-corrected chi connectivity index (χ3v) is 1.69. The summed E-state index contributed by atoms with van der Waals surface area (Å²) in [6.45, 7) is 0.287. The molecule has 1 aliphatic rings. The van der Waals surface area contributed by atoms with Crippen LogP contribution in [0.15, 0.2) is 0 Å². The minimum Gasteiger partial charge on any atom is -0.471 e. The quantitative estimate of drug-likeness (QED) is 0.374. The van der Waals surface area contributed by atoms with Gasteiger partial charge in [0.05, 0.1) is 14.2 Å². The van der Waals surface area contributed by atoms with E-state index in [-0.39, 0.29) is 13.0 Å². The van der Waals surface area contributed by atoms with Gasteiger partial charge in [-0.3, -0.25) is 4.79 Å². The lowest BCUT2D eigenvalue weighted by Crippen LogP contribution is -2.18. The van der Waals surface area contributed by atoms with E-state index in [1.807, 2.05) is 0 Å². The Balaban J connectivity index is 0. The molecule has 19 heavy (non-hydrogen) atoms. The van der Waals surface area contributed by atoms with Crippen LogP contribution in [-0.2, 0) is 28.5 Å². The molecule has 2 unspecified atom stereocenters. The molecule has 1 heterocycles. The molecule has 9 nitrogen and oxygen atoms in total. The number of hydrogen-bond donors (Lipinski definition) is 2. The second kappa shape index (κ2) is 12.6. The Morgan fingerprint density at radius 3 is 2.32 bits per heavy atom. The number of cyclic esters (lactones) is 1. The SMILES string of the molecule is CO.COC(=O)OCC1CC(O)C(=O)O1.COC=O. The van der Waals surface area contributed by atoms with Gasteiger partial charge in [-0.25, -0.2) is 9.59 Å². The number of esters is 1.